The van der Waals surface area contributed by atoms with Gasteiger partial charge in [0.25, 0.3) is 0 Å². The summed E-state index contributed by atoms with van der Waals surface area (Å²) in [6.45, 7) is 12.5. The number of unbranched alkanes of at least 4 members (excludes halogenated alkanes) is 1. The second-order valence-corrected chi connectivity index (χ2v) is 9.08. The first-order valence-corrected chi connectivity index (χ1v) is 10.9. The number of ether oxygens (including phenoxy) is 1. The number of nitrogens with two attached hydrogens (primary N) is 1. The van der Waals surface area contributed by atoms with Gasteiger partial charge in [-0.15, -0.1) is 0 Å². The molecule has 1 aliphatic rings. The van der Waals surface area contributed by atoms with Crippen LogP contribution in [-0.2, 0) is 14.3 Å². The van der Waals surface area contributed by atoms with Gasteiger partial charge in [0.1, 0.15) is 11.6 Å². The van der Waals surface area contributed by atoms with Gasteiger partial charge in [0.05, 0.1) is 0 Å². The van der Waals surface area contributed by atoms with Gasteiger partial charge in [-0.1, -0.05) is 46.5 Å². The van der Waals surface area contributed by atoms with E-state index >= 15 is 0 Å². The third-order valence-electron chi connectivity index (χ3n) is 5.09. The summed E-state index contributed by atoms with van der Waals surface area (Å²) >= 11 is 0. The molecule has 1 saturated heterocycles. The SMILES string of the molecule is CC(C)(C)OC(N)=O.CCCCC(C)CC(CC)CC(=O)N1CCCC1C(=O)O. The molecule has 0 aromatic rings. The van der Waals surface area contributed by atoms with Crippen molar-refractivity contribution in [2.24, 2.45) is 17.6 Å². The van der Waals surface area contributed by atoms with Crippen molar-refractivity contribution in [3.05, 3.63) is 0 Å². The van der Waals surface area contributed by atoms with E-state index in [0.29, 0.717) is 31.2 Å². The molecule has 0 aliphatic carbocycles. The van der Waals surface area contributed by atoms with Crippen LogP contribution in [0.25, 0.3) is 0 Å². The maximum Gasteiger partial charge on any atom is 0.405 e. The molecule has 1 fully saturated rings. The second kappa shape index (κ2) is 13.4. The summed E-state index contributed by atoms with van der Waals surface area (Å²) in [5.74, 6) is 0.218. The lowest BCUT2D eigenvalue weighted by Crippen LogP contribution is -2.41. The number of nitrogens with zero attached hydrogens (tertiary/aromatic N) is 1. The number of carbonyl (C=O) groups excluding carboxylic acids is 2. The number of hydrogen-bond donors (Lipinski definition) is 2. The lowest BCUT2D eigenvalue weighted by molar-refractivity contribution is -0.148. The molecule has 0 saturated carbocycles. The first kappa shape index (κ1) is 27.2. The summed E-state index contributed by atoms with van der Waals surface area (Å²) in [4.78, 5) is 35.2. The molecule has 0 spiro atoms. The van der Waals surface area contributed by atoms with Gasteiger partial charge in [-0.25, -0.2) is 9.59 Å². The van der Waals surface area contributed by atoms with Crippen LogP contribution in [0.5, 0.6) is 0 Å². The predicted octanol–water partition coefficient (Wildman–Crippen LogP) is 4.57. The Morgan fingerprint density at radius 3 is 2.28 bits per heavy atom. The highest BCUT2D eigenvalue weighted by atomic mass is 16.6. The van der Waals surface area contributed by atoms with E-state index in [0.717, 1.165) is 19.3 Å². The van der Waals surface area contributed by atoms with Crippen molar-refractivity contribution < 1.29 is 24.2 Å². The largest absolute Gasteiger partial charge is 0.480 e. The van der Waals surface area contributed by atoms with Crippen molar-refractivity contribution in [2.45, 2.75) is 105 Å². The quantitative estimate of drug-likeness (QED) is 0.574. The zero-order valence-corrected chi connectivity index (χ0v) is 19.2. The molecule has 3 unspecified atom stereocenters. The van der Waals surface area contributed by atoms with Crippen LogP contribution in [-0.4, -0.2) is 46.2 Å². The van der Waals surface area contributed by atoms with Gasteiger partial charge in [0.15, 0.2) is 0 Å². The van der Waals surface area contributed by atoms with E-state index in [4.69, 9.17) is 5.73 Å². The molecule has 2 amide bonds. The first-order chi connectivity index (χ1) is 13.4. The summed E-state index contributed by atoms with van der Waals surface area (Å²) < 4.78 is 4.58. The molecule has 3 atom stereocenters. The zero-order valence-electron chi connectivity index (χ0n) is 19.2. The predicted molar refractivity (Wildman–Crippen MR) is 114 cm³/mol. The molecule has 0 radical (unpaired) electrons. The molecule has 0 bridgehead atoms. The normalized spacial score (nSPS) is 18.4. The van der Waals surface area contributed by atoms with Crippen LogP contribution in [0.15, 0.2) is 0 Å². The fourth-order valence-electron chi connectivity index (χ4n) is 3.62. The van der Waals surface area contributed by atoms with E-state index in [9.17, 15) is 19.5 Å². The third-order valence-corrected chi connectivity index (χ3v) is 5.09. The average molecular weight is 415 g/mol. The molecule has 170 valence electrons. The van der Waals surface area contributed by atoms with E-state index in [1.807, 2.05) is 0 Å². The maximum atomic E-state index is 12.4. The van der Waals surface area contributed by atoms with Crippen LogP contribution < -0.4 is 5.73 Å². The Bertz CT molecular complexity index is 516. The number of likely N-dealkylation sites (tertiary alicyclic amines) is 1. The molecule has 7 heteroatoms. The fourth-order valence-corrected chi connectivity index (χ4v) is 3.62. The first-order valence-electron chi connectivity index (χ1n) is 10.9. The number of rotatable bonds is 9. The van der Waals surface area contributed by atoms with Gasteiger partial charge in [-0.3, -0.25) is 4.79 Å². The highest BCUT2D eigenvalue weighted by Crippen LogP contribution is 2.26. The van der Waals surface area contributed by atoms with E-state index in [1.165, 1.54) is 19.3 Å². The number of carboxylic acid groups (broad SMARTS) is 1. The number of carboxylic acids is 1. The lowest BCUT2D eigenvalue weighted by Gasteiger charge is -2.25. The summed E-state index contributed by atoms with van der Waals surface area (Å²) in [6.07, 6.45) is 6.96. The highest BCUT2D eigenvalue weighted by Gasteiger charge is 2.34. The Morgan fingerprint density at radius 2 is 1.86 bits per heavy atom. The van der Waals surface area contributed by atoms with Crippen LogP contribution in [0, 0.1) is 11.8 Å². The molecule has 1 aliphatic heterocycles. The van der Waals surface area contributed by atoms with Crippen molar-refractivity contribution >= 4 is 18.0 Å². The number of carbonyl (C=O) groups is 3. The van der Waals surface area contributed by atoms with Gasteiger partial charge < -0.3 is 20.5 Å². The van der Waals surface area contributed by atoms with Crippen molar-refractivity contribution in [1.82, 2.24) is 4.90 Å². The van der Waals surface area contributed by atoms with Gasteiger partial charge in [0, 0.05) is 13.0 Å². The lowest BCUT2D eigenvalue weighted by atomic mass is 9.88. The molecule has 1 heterocycles. The minimum atomic E-state index is -0.856. The Morgan fingerprint density at radius 1 is 1.24 bits per heavy atom. The Labute approximate surface area is 176 Å². The van der Waals surface area contributed by atoms with Crippen LogP contribution in [0.1, 0.15) is 92.9 Å². The molecule has 29 heavy (non-hydrogen) atoms. The van der Waals surface area contributed by atoms with Crippen LogP contribution in [0.3, 0.4) is 0 Å². The average Bonchev–Trinajstić information content (AvgIpc) is 3.07. The van der Waals surface area contributed by atoms with Gasteiger partial charge in [0.2, 0.25) is 5.91 Å². The Kier molecular flexibility index (Phi) is 12.6. The number of primary amides is 1. The third kappa shape index (κ3) is 12.4. The van der Waals surface area contributed by atoms with Gasteiger partial charge >= 0.3 is 12.1 Å². The van der Waals surface area contributed by atoms with Crippen LogP contribution in [0.4, 0.5) is 4.79 Å². The van der Waals surface area contributed by atoms with Crippen LogP contribution in [0.2, 0.25) is 0 Å². The zero-order chi connectivity index (χ0) is 22.6. The van der Waals surface area contributed by atoms with Crippen molar-refractivity contribution in [2.75, 3.05) is 6.54 Å². The fraction of sp³-hybridized carbons (Fsp3) is 0.864. The summed E-state index contributed by atoms with van der Waals surface area (Å²) in [7, 11) is 0. The van der Waals surface area contributed by atoms with Crippen molar-refractivity contribution in [3.8, 4) is 0 Å². The van der Waals surface area contributed by atoms with Crippen molar-refractivity contribution in [3.63, 3.8) is 0 Å². The maximum absolute atomic E-state index is 12.4. The molecular weight excluding hydrogens is 372 g/mol. The van der Waals surface area contributed by atoms with Crippen molar-refractivity contribution in [1.29, 1.82) is 0 Å². The summed E-state index contributed by atoms with van der Waals surface area (Å²) in [5, 5.41) is 9.17. The highest BCUT2D eigenvalue weighted by molar-refractivity contribution is 5.84. The number of amides is 2. The monoisotopic (exact) mass is 414 g/mol. The smallest absolute Gasteiger partial charge is 0.405 e. The topological polar surface area (TPSA) is 110 Å². The second-order valence-electron chi connectivity index (χ2n) is 9.08. The molecule has 3 N–H and O–H groups in total. The number of aliphatic carboxylic acids is 1. The molecule has 7 nitrogen and oxygen atoms in total. The van der Waals surface area contributed by atoms with Crippen LogP contribution >= 0.6 is 0 Å². The Balaban J connectivity index is 0.000000828. The van der Waals surface area contributed by atoms with E-state index in [1.54, 1.807) is 25.7 Å². The molecule has 0 aromatic carbocycles. The van der Waals surface area contributed by atoms with Gasteiger partial charge in [-0.2, -0.15) is 0 Å². The molecule has 1 rings (SSSR count). The summed E-state index contributed by atoms with van der Waals surface area (Å²) in [6, 6.07) is -0.590. The molecular formula is C22H42N2O5. The van der Waals surface area contributed by atoms with E-state index < -0.39 is 23.7 Å². The van der Waals surface area contributed by atoms with Gasteiger partial charge in [-0.05, 0) is 51.9 Å². The standard InChI is InChI=1S/C17H31NO3.C5H11NO2/c1-4-6-8-13(3)11-14(5-2)12-16(19)18-10-7-9-15(18)17(20)21;1-5(2,3)8-4(6)7/h13-15H,4-12H2,1-3H3,(H,20,21);1-3H3,(H2,6,7). The molecule has 0 aromatic heterocycles. The Hall–Kier alpha value is -1.79. The minimum absolute atomic E-state index is 0.0365. The minimum Gasteiger partial charge on any atom is -0.480 e. The summed E-state index contributed by atoms with van der Waals surface area (Å²) in [5.41, 5.74) is 4.26. The van der Waals surface area contributed by atoms with E-state index in [-0.39, 0.29) is 5.91 Å². The number of hydrogen-bond acceptors (Lipinski definition) is 4. The van der Waals surface area contributed by atoms with E-state index in [2.05, 4.69) is 25.5 Å².